The Labute approximate surface area is 129 Å². The second-order valence-corrected chi connectivity index (χ2v) is 5.33. The summed E-state index contributed by atoms with van der Waals surface area (Å²) in [6, 6.07) is 6.99. The van der Waals surface area contributed by atoms with E-state index in [1.807, 2.05) is 12.1 Å². The van der Waals surface area contributed by atoms with Gasteiger partial charge in [-0.15, -0.1) is 0 Å². The molecule has 118 valence electrons. The van der Waals surface area contributed by atoms with Crippen molar-refractivity contribution in [1.29, 1.82) is 0 Å². The lowest BCUT2D eigenvalue weighted by molar-refractivity contribution is -0.137. The highest BCUT2D eigenvalue weighted by Gasteiger charge is 2.20. The maximum absolute atomic E-state index is 12.2. The van der Waals surface area contributed by atoms with Crippen molar-refractivity contribution in [2.75, 3.05) is 19.6 Å². The first-order valence-corrected chi connectivity index (χ1v) is 7.39. The van der Waals surface area contributed by atoms with Crippen LogP contribution in [0.25, 0.3) is 0 Å². The number of rotatable bonds is 6. The topological polar surface area (TPSA) is 77.9 Å². The van der Waals surface area contributed by atoms with Gasteiger partial charge in [-0.05, 0) is 31.0 Å². The molecule has 2 rings (SSSR count). The van der Waals surface area contributed by atoms with E-state index < -0.39 is 5.97 Å². The molecule has 1 aliphatic heterocycles. The minimum Gasteiger partial charge on any atom is -0.480 e. The van der Waals surface area contributed by atoms with E-state index in [2.05, 4.69) is 0 Å². The SMILES string of the molecule is CCN(CC(=O)O)C(=O)c1ccc(CN2CCCC2=O)cc1. The summed E-state index contributed by atoms with van der Waals surface area (Å²) in [5.41, 5.74) is 1.42. The molecule has 1 aromatic carbocycles. The van der Waals surface area contributed by atoms with Crippen LogP contribution in [0.2, 0.25) is 0 Å². The summed E-state index contributed by atoms with van der Waals surface area (Å²) >= 11 is 0. The molecule has 22 heavy (non-hydrogen) atoms. The predicted octanol–water partition coefficient (Wildman–Crippen LogP) is 1.36. The lowest BCUT2D eigenvalue weighted by Crippen LogP contribution is -2.35. The molecule has 1 fully saturated rings. The van der Waals surface area contributed by atoms with Gasteiger partial charge in [0.2, 0.25) is 5.91 Å². The van der Waals surface area contributed by atoms with Gasteiger partial charge in [0.15, 0.2) is 0 Å². The van der Waals surface area contributed by atoms with E-state index in [9.17, 15) is 14.4 Å². The van der Waals surface area contributed by atoms with Crippen molar-refractivity contribution in [2.24, 2.45) is 0 Å². The van der Waals surface area contributed by atoms with Crippen LogP contribution in [0.3, 0.4) is 0 Å². The van der Waals surface area contributed by atoms with Crippen LogP contribution in [0.15, 0.2) is 24.3 Å². The third-order valence-corrected chi connectivity index (χ3v) is 3.74. The maximum atomic E-state index is 12.2. The molecule has 6 nitrogen and oxygen atoms in total. The number of likely N-dealkylation sites (tertiary alicyclic amines) is 1. The molecular formula is C16H20N2O4. The Morgan fingerprint density at radius 1 is 1.27 bits per heavy atom. The Morgan fingerprint density at radius 3 is 2.45 bits per heavy atom. The summed E-state index contributed by atoms with van der Waals surface area (Å²) in [7, 11) is 0. The van der Waals surface area contributed by atoms with Crippen molar-refractivity contribution >= 4 is 17.8 Å². The Balaban J connectivity index is 2.02. The fourth-order valence-electron chi connectivity index (χ4n) is 2.52. The first-order chi connectivity index (χ1) is 10.5. The van der Waals surface area contributed by atoms with Crippen LogP contribution in [0.1, 0.15) is 35.7 Å². The van der Waals surface area contributed by atoms with Crippen LogP contribution in [-0.2, 0) is 16.1 Å². The molecule has 1 N–H and O–H groups in total. The van der Waals surface area contributed by atoms with Crippen LogP contribution in [0.5, 0.6) is 0 Å². The summed E-state index contributed by atoms with van der Waals surface area (Å²) < 4.78 is 0. The van der Waals surface area contributed by atoms with Crippen LogP contribution in [0.4, 0.5) is 0 Å². The quantitative estimate of drug-likeness (QED) is 0.860. The number of hydrogen-bond donors (Lipinski definition) is 1. The van der Waals surface area contributed by atoms with Gasteiger partial charge in [0.1, 0.15) is 6.54 Å². The van der Waals surface area contributed by atoms with E-state index >= 15 is 0 Å². The average molecular weight is 304 g/mol. The van der Waals surface area contributed by atoms with Crippen molar-refractivity contribution in [3.05, 3.63) is 35.4 Å². The molecule has 0 radical (unpaired) electrons. The number of benzene rings is 1. The molecule has 0 atom stereocenters. The van der Waals surface area contributed by atoms with Crippen LogP contribution in [0, 0.1) is 0 Å². The van der Waals surface area contributed by atoms with Crippen molar-refractivity contribution in [3.63, 3.8) is 0 Å². The predicted molar refractivity (Wildman–Crippen MR) is 80.3 cm³/mol. The molecule has 1 heterocycles. The Kier molecular flexibility index (Phi) is 5.14. The van der Waals surface area contributed by atoms with E-state index in [4.69, 9.17) is 5.11 Å². The normalized spacial score (nSPS) is 14.2. The lowest BCUT2D eigenvalue weighted by Gasteiger charge is -2.19. The number of hydrogen-bond acceptors (Lipinski definition) is 3. The summed E-state index contributed by atoms with van der Waals surface area (Å²) in [5.74, 6) is -1.16. The molecule has 1 aliphatic rings. The maximum Gasteiger partial charge on any atom is 0.323 e. The highest BCUT2D eigenvalue weighted by atomic mass is 16.4. The molecule has 0 unspecified atom stereocenters. The van der Waals surface area contributed by atoms with Gasteiger partial charge in [-0.25, -0.2) is 0 Å². The number of carbonyl (C=O) groups is 3. The second-order valence-electron chi connectivity index (χ2n) is 5.33. The van der Waals surface area contributed by atoms with Gasteiger partial charge in [0, 0.05) is 31.6 Å². The molecule has 1 saturated heterocycles. The van der Waals surface area contributed by atoms with Gasteiger partial charge in [0.05, 0.1) is 0 Å². The van der Waals surface area contributed by atoms with Crippen molar-refractivity contribution in [1.82, 2.24) is 9.80 Å². The number of carbonyl (C=O) groups excluding carboxylic acids is 2. The largest absolute Gasteiger partial charge is 0.480 e. The summed E-state index contributed by atoms with van der Waals surface area (Å²) in [5, 5.41) is 8.81. The minimum absolute atomic E-state index is 0.166. The zero-order valence-corrected chi connectivity index (χ0v) is 12.6. The summed E-state index contributed by atoms with van der Waals surface area (Å²) in [6.07, 6.45) is 1.51. The molecule has 0 aliphatic carbocycles. The second kappa shape index (κ2) is 7.06. The highest BCUT2D eigenvalue weighted by Crippen LogP contribution is 2.15. The molecular weight excluding hydrogens is 284 g/mol. The van der Waals surface area contributed by atoms with Gasteiger partial charge < -0.3 is 14.9 Å². The number of carboxylic acid groups (broad SMARTS) is 1. The Morgan fingerprint density at radius 2 is 1.95 bits per heavy atom. The molecule has 0 bridgehead atoms. The van der Waals surface area contributed by atoms with E-state index in [0.717, 1.165) is 18.5 Å². The highest BCUT2D eigenvalue weighted by molar-refractivity contribution is 5.95. The van der Waals surface area contributed by atoms with E-state index in [-0.39, 0.29) is 18.4 Å². The van der Waals surface area contributed by atoms with E-state index in [0.29, 0.717) is 25.1 Å². The van der Waals surface area contributed by atoms with Crippen LogP contribution >= 0.6 is 0 Å². The molecule has 2 amide bonds. The third-order valence-electron chi connectivity index (χ3n) is 3.74. The lowest BCUT2D eigenvalue weighted by atomic mass is 10.1. The standard InChI is InChI=1S/C16H20N2O4/c1-2-17(11-15(20)21)16(22)13-7-5-12(6-8-13)10-18-9-3-4-14(18)19/h5-8H,2-4,9-11H2,1H3,(H,20,21). The number of likely N-dealkylation sites (N-methyl/N-ethyl adjacent to an activating group) is 1. The average Bonchev–Trinajstić information content (AvgIpc) is 2.90. The van der Waals surface area contributed by atoms with E-state index in [1.165, 1.54) is 4.90 Å². The smallest absolute Gasteiger partial charge is 0.323 e. The minimum atomic E-state index is -1.03. The molecule has 6 heteroatoms. The first-order valence-electron chi connectivity index (χ1n) is 7.39. The van der Waals surface area contributed by atoms with Gasteiger partial charge in [-0.1, -0.05) is 12.1 Å². The Bertz CT molecular complexity index is 568. The number of amides is 2. The van der Waals surface area contributed by atoms with Crippen molar-refractivity contribution in [3.8, 4) is 0 Å². The third kappa shape index (κ3) is 3.84. The zero-order chi connectivity index (χ0) is 16.1. The molecule has 0 aromatic heterocycles. The molecule has 1 aromatic rings. The Hall–Kier alpha value is -2.37. The van der Waals surface area contributed by atoms with E-state index in [1.54, 1.807) is 24.0 Å². The monoisotopic (exact) mass is 304 g/mol. The van der Waals surface area contributed by atoms with Crippen LogP contribution in [-0.4, -0.2) is 52.3 Å². The van der Waals surface area contributed by atoms with Crippen molar-refractivity contribution < 1.29 is 19.5 Å². The van der Waals surface area contributed by atoms with Gasteiger partial charge >= 0.3 is 5.97 Å². The van der Waals surface area contributed by atoms with Crippen LogP contribution < -0.4 is 0 Å². The molecule has 0 spiro atoms. The van der Waals surface area contributed by atoms with Crippen molar-refractivity contribution in [2.45, 2.75) is 26.3 Å². The first kappa shape index (κ1) is 16.0. The van der Waals surface area contributed by atoms with Gasteiger partial charge in [-0.2, -0.15) is 0 Å². The fraction of sp³-hybridized carbons (Fsp3) is 0.438. The summed E-state index contributed by atoms with van der Waals surface area (Å²) in [6.45, 7) is 3.12. The zero-order valence-electron chi connectivity index (χ0n) is 12.6. The van der Waals surface area contributed by atoms with Gasteiger partial charge in [-0.3, -0.25) is 14.4 Å². The fourth-order valence-corrected chi connectivity index (χ4v) is 2.52. The van der Waals surface area contributed by atoms with Gasteiger partial charge in [0.25, 0.3) is 5.91 Å². The number of aliphatic carboxylic acids is 1. The molecule has 0 saturated carbocycles. The number of carboxylic acids is 1. The number of nitrogens with zero attached hydrogens (tertiary/aromatic N) is 2. The summed E-state index contributed by atoms with van der Waals surface area (Å²) in [4.78, 5) is 37.6.